The summed E-state index contributed by atoms with van der Waals surface area (Å²) in [4.78, 5) is 12.3. The van der Waals surface area contributed by atoms with Gasteiger partial charge < -0.3 is 0 Å². The average molecular weight is 442 g/mol. The van der Waals surface area contributed by atoms with Gasteiger partial charge in [0.15, 0.2) is 11.0 Å². The molecule has 1 aromatic heterocycles. The Morgan fingerprint density at radius 3 is 2.34 bits per heavy atom. The van der Waals surface area contributed by atoms with Crippen LogP contribution in [0, 0.1) is 0 Å². The molecule has 0 radical (unpaired) electrons. The second-order valence-corrected chi connectivity index (χ2v) is 7.96. The summed E-state index contributed by atoms with van der Waals surface area (Å²) in [5.41, 5.74) is 6.68. The van der Waals surface area contributed by atoms with Crippen LogP contribution in [0.25, 0.3) is 17.1 Å². The minimum absolute atomic E-state index is 0.172. The fourth-order valence-electron chi connectivity index (χ4n) is 3.13. The van der Waals surface area contributed by atoms with Gasteiger partial charge in [-0.15, -0.1) is 10.2 Å². The molecule has 4 rings (SSSR count). The molecule has 0 bridgehead atoms. The summed E-state index contributed by atoms with van der Waals surface area (Å²) in [5.74, 6) is 0.694. The molecular formula is C25H23N5OS. The van der Waals surface area contributed by atoms with E-state index in [0.717, 1.165) is 29.1 Å². The van der Waals surface area contributed by atoms with Gasteiger partial charge >= 0.3 is 0 Å². The minimum atomic E-state index is -0.208. The predicted molar refractivity (Wildman–Crippen MR) is 129 cm³/mol. The number of thioether (sulfide) groups is 1. The van der Waals surface area contributed by atoms with E-state index in [2.05, 4.69) is 39.8 Å². The molecule has 0 spiro atoms. The van der Waals surface area contributed by atoms with Crippen molar-refractivity contribution in [1.82, 2.24) is 20.2 Å². The van der Waals surface area contributed by atoms with Gasteiger partial charge in [-0.2, -0.15) is 5.10 Å². The molecule has 32 heavy (non-hydrogen) atoms. The summed E-state index contributed by atoms with van der Waals surface area (Å²) in [7, 11) is 0. The highest BCUT2D eigenvalue weighted by Crippen LogP contribution is 2.27. The van der Waals surface area contributed by atoms with Crippen molar-refractivity contribution < 1.29 is 4.79 Å². The van der Waals surface area contributed by atoms with Crippen molar-refractivity contribution in [3.8, 4) is 17.1 Å². The summed E-state index contributed by atoms with van der Waals surface area (Å²) >= 11 is 1.32. The van der Waals surface area contributed by atoms with Gasteiger partial charge in [0.25, 0.3) is 5.91 Å². The summed E-state index contributed by atoms with van der Waals surface area (Å²) in [6.07, 6.45) is 2.63. The van der Waals surface area contributed by atoms with E-state index in [-0.39, 0.29) is 11.7 Å². The molecule has 0 atom stereocenters. The third-order valence-electron chi connectivity index (χ3n) is 4.80. The maximum atomic E-state index is 12.3. The normalized spacial score (nSPS) is 11.0. The van der Waals surface area contributed by atoms with Crippen molar-refractivity contribution in [2.75, 3.05) is 5.75 Å². The molecule has 6 nitrogen and oxygen atoms in total. The number of para-hydroxylation sites is 1. The first kappa shape index (κ1) is 21.5. The first-order valence-corrected chi connectivity index (χ1v) is 11.3. The fourth-order valence-corrected chi connectivity index (χ4v) is 3.87. The summed E-state index contributed by atoms with van der Waals surface area (Å²) in [6.45, 7) is 2.11. The Labute approximate surface area is 191 Å². The van der Waals surface area contributed by atoms with Crippen LogP contribution >= 0.6 is 11.8 Å². The number of carbonyl (C=O) groups excluding carboxylic acids is 1. The van der Waals surface area contributed by atoms with Gasteiger partial charge in [-0.1, -0.05) is 91.5 Å². The topological polar surface area (TPSA) is 72.2 Å². The molecule has 0 aliphatic carbocycles. The van der Waals surface area contributed by atoms with Crippen molar-refractivity contribution in [2.24, 2.45) is 5.10 Å². The number of rotatable bonds is 8. The first-order chi connectivity index (χ1) is 15.7. The summed E-state index contributed by atoms with van der Waals surface area (Å²) in [6, 6.07) is 27.8. The van der Waals surface area contributed by atoms with E-state index in [1.807, 2.05) is 77.4 Å². The third-order valence-corrected chi connectivity index (χ3v) is 5.73. The number of nitrogens with one attached hydrogen (secondary N) is 1. The van der Waals surface area contributed by atoms with Gasteiger partial charge in [0.2, 0.25) is 0 Å². The number of hydrogen-bond acceptors (Lipinski definition) is 5. The van der Waals surface area contributed by atoms with Crippen molar-refractivity contribution in [3.05, 3.63) is 96.1 Å². The van der Waals surface area contributed by atoms with E-state index >= 15 is 0 Å². The maximum Gasteiger partial charge on any atom is 0.250 e. The van der Waals surface area contributed by atoms with E-state index in [1.54, 1.807) is 6.21 Å². The molecule has 0 fully saturated rings. The average Bonchev–Trinajstić information content (AvgIpc) is 3.28. The van der Waals surface area contributed by atoms with Gasteiger partial charge in [-0.05, 0) is 29.7 Å². The molecule has 0 unspecified atom stereocenters. The van der Waals surface area contributed by atoms with Gasteiger partial charge in [-0.25, -0.2) is 5.43 Å². The molecule has 1 heterocycles. The van der Waals surface area contributed by atoms with Gasteiger partial charge in [-0.3, -0.25) is 9.36 Å². The predicted octanol–water partition coefficient (Wildman–Crippen LogP) is 4.74. The maximum absolute atomic E-state index is 12.3. The van der Waals surface area contributed by atoms with Crippen molar-refractivity contribution >= 4 is 23.9 Å². The van der Waals surface area contributed by atoms with Crippen molar-refractivity contribution in [3.63, 3.8) is 0 Å². The van der Waals surface area contributed by atoms with E-state index in [4.69, 9.17) is 0 Å². The lowest BCUT2D eigenvalue weighted by Gasteiger charge is -2.10. The Morgan fingerprint density at radius 1 is 0.969 bits per heavy atom. The number of hydrogen-bond donors (Lipinski definition) is 1. The largest absolute Gasteiger partial charge is 0.272 e. The molecule has 7 heteroatoms. The zero-order valence-corrected chi connectivity index (χ0v) is 18.5. The van der Waals surface area contributed by atoms with Crippen molar-refractivity contribution in [2.45, 2.75) is 18.5 Å². The zero-order chi connectivity index (χ0) is 22.2. The zero-order valence-electron chi connectivity index (χ0n) is 17.7. The standard InChI is InChI=1S/C25H23N5OS/c1-2-19-13-15-20(16-14-19)17-26-27-23(31)18-32-25-29-28-24(21-9-5-3-6-10-21)30(25)22-11-7-4-8-12-22/h3-17H,2,18H2,1H3,(H,27,31)/b26-17-. The van der Waals surface area contributed by atoms with Crippen molar-refractivity contribution in [1.29, 1.82) is 0 Å². The van der Waals surface area contributed by atoms with Crippen LogP contribution < -0.4 is 5.43 Å². The lowest BCUT2D eigenvalue weighted by atomic mass is 10.1. The summed E-state index contributed by atoms with van der Waals surface area (Å²) < 4.78 is 1.96. The second-order valence-electron chi connectivity index (χ2n) is 7.02. The molecule has 1 amide bonds. The van der Waals surface area contributed by atoms with Gasteiger partial charge in [0, 0.05) is 11.3 Å². The highest BCUT2D eigenvalue weighted by Gasteiger charge is 2.16. The van der Waals surface area contributed by atoms with Crippen LogP contribution in [0.2, 0.25) is 0 Å². The molecule has 0 saturated carbocycles. The number of hydrazone groups is 1. The van der Waals surface area contributed by atoms with Crippen LogP contribution in [0.5, 0.6) is 0 Å². The quantitative estimate of drug-likeness (QED) is 0.244. The third kappa shape index (κ3) is 5.31. The molecule has 1 N–H and O–H groups in total. The minimum Gasteiger partial charge on any atom is -0.272 e. The van der Waals surface area contributed by atoms with Crippen LogP contribution in [-0.4, -0.2) is 32.6 Å². The molecular weight excluding hydrogens is 418 g/mol. The molecule has 160 valence electrons. The number of carbonyl (C=O) groups is 1. The highest BCUT2D eigenvalue weighted by molar-refractivity contribution is 7.99. The van der Waals surface area contributed by atoms with Gasteiger partial charge in [0.1, 0.15) is 0 Å². The fraction of sp³-hybridized carbons (Fsp3) is 0.120. The van der Waals surface area contributed by atoms with Crippen LogP contribution in [0.4, 0.5) is 0 Å². The Balaban J connectivity index is 1.45. The number of benzene rings is 3. The number of nitrogens with zero attached hydrogens (tertiary/aromatic N) is 4. The smallest absolute Gasteiger partial charge is 0.250 e. The molecule has 0 aliphatic rings. The van der Waals surface area contributed by atoms with Crippen LogP contribution in [0.15, 0.2) is 95.2 Å². The Hall–Kier alpha value is -3.71. The molecule has 3 aromatic carbocycles. The van der Waals surface area contributed by atoms with Crippen LogP contribution in [0.3, 0.4) is 0 Å². The molecule has 4 aromatic rings. The van der Waals surface area contributed by atoms with E-state index in [1.165, 1.54) is 17.3 Å². The lowest BCUT2D eigenvalue weighted by Crippen LogP contribution is -2.20. The number of amides is 1. The Morgan fingerprint density at radius 2 is 1.66 bits per heavy atom. The highest BCUT2D eigenvalue weighted by atomic mass is 32.2. The van der Waals surface area contributed by atoms with Crippen LogP contribution in [0.1, 0.15) is 18.1 Å². The van der Waals surface area contributed by atoms with E-state index < -0.39 is 0 Å². The number of aryl methyl sites for hydroxylation is 1. The molecule has 0 aliphatic heterocycles. The van der Waals surface area contributed by atoms with Gasteiger partial charge in [0.05, 0.1) is 12.0 Å². The Kier molecular flexibility index (Phi) is 7.09. The first-order valence-electron chi connectivity index (χ1n) is 10.3. The van der Waals surface area contributed by atoms with E-state index in [0.29, 0.717) is 5.16 Å². The van der Waals surface area contributed by atoms with E-state index in [9.17, 15) is 4.79 Å². The van der Waals surface area contributed by atoms with Crippen LogP contribution in [-0.2, 0) is 11.2 Å². The molecule has 0 saturated heterocycles. The Bertz CT molecular complexity index is 1190. The lowest BCUT2D eigenvalue weighted by molar-refractivity contribution is -0.118. The number of aromatic nitrogens is 3. The monoisotopic (exact) mass is 441 g/mol. The SMILES string of the molecule is CCc1ccc(/C=N\NC(=O)CSc2nnc(-c3ccccc3)n2-c2ccccc2)cc1. The summed E-state index contributed by atoms with van der Waals surface area (Å²) in [5, 5.41) is 13.4. The second kappa shape index (κ2) is 10.5.